The fourth-order valence-corrected chi connectivity index (χ4v) is 6.87. The van der Waals surface area contributed by atoms with Gasteiger partial charge in [-0.2, -0.15) is 0 Å². The van der Waals surface area contributed by atoms with Crippen LogP contribution in [-0.2, 0) is 0 Å². The Kier molecular flexibility index (Phi) is 7.94. The molecule has 0 radical (unpaired) electrons. The number of rotatable bonds is 8. The quantitative estimate of drug-likeness (QED) is 0.171. The van der Waals surface area contributed by atoms with Crippen molar-refractivity contribution in [2.45, 2.75) is 19.9 Å². The molecule has 0 amide bonds. The van der Waals surface area contributed by atoms with Crippen LogP contribution in [0.4, 0.5) is 17.1 Å². The highest BCUT2D eigenvalue weighted by atomic mass is 15.1. The van der Waals surface area contributed by atoms with E-state index in [1.54, 1.807) is 0 Å². The Morgan fingerprint density at radius 2 is 0.958 bits per heavy atom. The van der Waals surface area contributed by atoms with Crippen LogP contribution in [0.15, 0.2) is 170 Å². The summed E-state index contributed by atoms with van der Waals surface area (Å²) < 4.78 is 0. The number of hydrogen-bond acceptors (Lipinski definition) is 2. The lowest BCUT2D eigenvalue weighted by atomic mass is 9.88. The molecule has 0 saturated carbocycles. The van der Waals surface area contributed by atoms with E-state index in [9.17, 15) is 0 Å². The minimum Gasteiger partial charge on any atom is -0.311 e. The normalized spacial score (nSPS) is 13.7. The van der Waals surface area contributed by atoms with E-state index in [0.717, 1.165) is 23.6 Å². The second-order valence-electron chi connectivity index (χ2n) is 12.7. The first-order valence-corrected chi connectivity index (χ1v) is 16.8. The van der Waals surface area contributed by atoms with Crippen molar-refractivity contribution in [3.8, 4) is 44.5 Å². The van der Waals surface area contributed by atoms with Crippen LogP contribution < -0.4 is 10.2 Å². The van der Waals surface area contributed by atoms with E-state index in [4.69, 9.17) is 0 Å². The lowest BCUT2D eigenvalue weighted by Crippen LogP contribution is -2.09. The Balaban J connectivity index is 1.15. The van der Waals surface area contributed by atoms with Gasteiger partial charge in [-0.3, -0.25) is 0 Å². The maximum absolute atomic E-state index is 3.54. The number of para-hydroxylation sites is 2. The zero-order valence-corrected chi connectivity index (χ0v) is 27.4. The topological polar surface area (TPSA) is 25.2 Å². The minimum atomic E-state index is 0.413. The van der Waals surface area contributed by atoms with E-state index in [2.05, 4.69) is 194 Å². The van der Waals surface area contributed by atoms with Gasteiger partial charge >= 0.3 is 0 Å². The van der Waals surface area contributed by atoms with Crippen LogP contribution in [0.3, 0.4) is 0 Å². The van der Waals surface area contributed by atoms with Gasteiger partial charge in [-0.1, -0.05) is 109 Å². The number of benzene rings is 7. The summed E-state index contributed by atoms with van der Waals surface area (Å²) in [6.07, 6.45) is 0. The first-order chi connectivity index (χ1) is 23.6. The average Bonchev–Trinajstić information content (AvgIpc) is 4.00. The molecule has 1 N–H and O–H groups in total. The second kappa shape index (κ2) is 12.8. The van der Waals surface area contributed by atoms with Crippen LogP contribution in [0.1, 0.15) is 22.7 Å². The fourth-order valence-electron chi connectivity index (χ4n) is 6.87. The number of anilines is 3. The van der Waals surface area contributed by atoms with Crippen LogP contribution >= 0.6 is 0 Å². The SMILES string of the molecule is Cc1ccccc1-c1cccc(-c2cc(-c3cccc(-c4ccc(N(c5ccccc5)c5ccccc5)cc4)c3)cc(C3CN3)c2)c1C. The van der Waals surface area contributed by atoms with Crippen LogP contribution in [-0.4, -0.2) is 6.54 Å². The highest BCUT2D eigenvalue weighted by Crippen LogP contribution is 2.39. The summed E-state index contributed by atoms with van der Waals surface area (Å²) in [7, 11) is 0. The van der Waals surface area contributed by atoms with Gasteiger partial charge in [0.15, 0.2) is 0 Å². The number of nitrogens with one attached hydrogen (secondary N) is 1. The fraction of sp³-hybridized carbons (Fsp3) is 0.0870. The summed E-state index contributed by atoms with van der Waals surface area (Å²) in [6, 6.07) is 62.0. The van der Waals surface area contributed by atoms with Gasteiger partial charge in [-0.05, 0) is 136 Å². The van der Waals surface area contributed by atoms with Crippen molar-refractivity contribution >= 4 is 17.1 Å². The van der Waals surface area contributed by atoms with E-state index < -0.39 is 0 Å². The van der Waals surface area contributed by atoms with Gasteiger partial charge in [0.1, 0.15) is 0 Å². The molecule has 0 bridgehead atoms. The standard InChI is InChI=1S/C46H38N2/c1-32-13-9-10-20-43(32)45-22-12-21-44(33(45)2)38-28-37(29-39(30-38)46-31-47-46)36-15-11-14-35(27-36)34-23-25-42(26-24-34)48(40-16-5-3-6-17-40)41-18-7-4-8-19-41/h3-30,46-47H,31H2,1-2H3. The monoisotopic (exact) mass is 618 g/mol. The molecule has 2 nitrogen and oxygen atoms in total. The molecule has 7 aromatic rings. The maximum atomic E-state index is 3.54. The van der Waals surface area contributed by atoms with Gasteiger partial charge in [-0.25, -0.2) is 0 Å². The molecular weight excluding hydrogens is 581 g/mol. The Morgan fingerprint density at radius 1 is 0.438 bits per heavy atom. The molecule has 0 aliphatic carbocycles. The van der Waals surface area contributed by atoms with Crippen molar-refractivity contribution in [1.29, 1.82) is 0 Å². The van der Waals surface area contributed by atoms with Crippen LogP contribution in [0, 0.1) is 13.8 Å². The van der Waals surface area contributed by atoms with Crippen LogP contribution in [0.2, 0.25) is 0 Å². The van der Waals surface area contributed by atoms with Crippen molar-refractivity contribution in [3.63, 3.8) is 0 Å². The van der Waals surface area contributed by atoms with E-state index in [-0.39, 0.29) is 0 Å². The lowest BCUT2D eigenvalue weighted by molar-refractivity contribution is 1.08. The minimum absolute atomic E-state index is 0.413. The van der Waals surface area contributed by atoms with Crippen molar-refractivity contribution < 1.29 is 0 Å². The van der Waals surface area contributed by atoms with Crippen LogP contribution in [0.5, 0.6) is 0 Å². The summed E-state index contributed by atoms with van der Waals surface area (Å²) in [5, 5.41) is 3.54. The molecule has 1 heterocycles. The van der Waals surface area contributed by atoms with Crippen molar-refractivity contribution in [1.82, 2.24) is 5.32 Å². The third kappa shape index (κ3) is 5.95. The summed E-state index contributed by atoms with van der Waals surface area (Å²) in [5.74, 6) is 0. The summed E-state index contributed by atoms with van der Waals surface area (Å²) in [6.45, 7) is 5.49. The predicted octanol–water partition coefficient (Wildman–Crippen LogP) is 12.1. The highest BCUT2D eigenvalue weighted by Gasteiger charge is 2.24. The molecule has 1 aliphatic heterocycles. The zero-order chi connectivity index (χ0) is 32.5. The molecule has 8 rings (SSSR count). The van der Waals surface area contributed by atoms with Gasteiger partial charge in [0.05, 0.1) is 0 Å². The molecule has 232 valence electrons. The summed E-state index contributed by atoms with van der Waals surface area (Å²) in [4.78, 5) is 2.30. The first-order valence-electron chi connectivity index (χ1n) is 16.8. The van der Waals surface area contributed by atoms with E-state index in [1.807, 2.05) is 0 Å². The van der Waals surface area contributed by atoms with Gasteiger partial charge in [0, 0.05) is 29.6 Å². The third-order valence-electron chi connectivity index (χ3n) is 9.53. The maximum Gasteiger partial charge on any atom is 0.0462 e. The summed E-state index contributed by atoms with van der Waals surface area (Å²) >= 11 is 0. The Morgan fingerprint density at radius 3 is 1.62 bits per heavy atom. The zero-order valence-electron chi connectivity index (χ0n) is 27.4. The van der Waals surface area contributed by atoms with E-state index >= 15 is 0 Å². The molecule has 7 aromatic carbocycles. The molecule has 1 unspecified atom stereocenters. The molecule has 0 spiro atoms. The number of aryl methyl sites for hydroxylation is 1. The first kappa shape index (κ1) is 29.7. The van der Waals surface area contributed by atoms with Crippen LogP contribution in [0.25, 0.3) is 44.5 Å². The Bertz CT molecular complexity index is 2160. The second-order valence-corrected chi connectivity index (χ2v) is 12.7. The molecule has 1 aliphatic rings. The highest BCUT2D eigenvalue weighted by molar-refractivity contribution is 5.84. The van der Waals surface area contributed by atoms with Gasteiger partial charge in [-0.15, -0.1) is 0 Å². The largest absolute Gasteiger partial charge is 0.311 e. The van der Waals surface area contributed by atoms with Gasteiger partial charge < -0.3 is 10.2 Å². The van der Waals surface area contributed by atoms with Gasteiger partial charge in [0.2, 0.25) is 0 Å². The Hall–Kier alpha value is -5.70. The number of hydrogen-bond donors (Lipinski definition) is 1. The van der Waals surface area contributed by atoms with Gasteiger partial charge in [0.25, 0.3) is 0 Å². The average molecular weight is 619 g/mol. The molecule has 1 saturated heterocycles. The lowest BCUT2D eigenvalue weighted by Gasteiger charge is -2.25. The third-order valence-corrected chi connectivity index (χ3v) is 9.53. The van der Waals surface area contributed by atoms with E-state index in [0.29, 0.717) is 6.04 Å². The molecule has 1 atom stereocenters. The molecule has 0 aromatic heterocycles. The van der Waals surface area contributed by atoms with E-state index in [1.165, 1.54) is 61.2 Å². The van der Waals surface area contributed by atoms with Crippen molar-refractivity contribution in [2.75, 3.05) is 11.4 Å². The molecule has 1 fully saturated rings. The molecule has 48 heavy (non-hydrogen) atoms. The molecule has 2 heteroatoms. The van der Waals surface area contributed by atoms with Crippen molar-refractivity contribution in [2.24, 2.45) is 0 Å². The Labute approximate surface area is 284 Å². The smallest absolute Gasteiger partial charge is 0.0462 e. The summed E-state index contributed by atoms with van der Waals surface area (Å²) in [5.41, 5.74) is 17.4. The predicted molar refractivity (Wildman–Crippen MR) is 203 cm³/mol. The molecular formula is C46H38N2. The van der Waals surface area contributed by atoms with Crippen molar-refractivity contribution in [3.05, 3.63) is 187 Å². The number of nitrogens with zero attached hydrogens (tertiary/aromatic N) is 1.